The van der Waals surface area contributed by atoms with E-state index in [0.717, 1.165) is 0 Å². The molecule has 1 aromatic heterocycles. The minimum Gasteiger partial charge on any atom is -0.494 e. The van der Waals surface area contributed by atoms with E-state index in [-0.39, 0.29) is 5.03 Å². The van der Waals surface area contributed by atoms with Crippen LogP contribution in [0.1, 0.15) is 0 Å². The number of pyridine rings is 1. The zero-order valence-electron chi connectivity index (χ0n) is 6.90. The van der Waals surface area contributed by atoms with Crippen molar-refractivity contribution >= 4 is 9.73 Å². The summed E-state index contributed by atoms with van der Waals surface area (Å²) in [7, 11) is -1.32. The maximum Gasteiger partial charge on any atom is 0.177 e. The summed E-state index contributed by atoms with van der Waals surface area (Å²) in [6.07, 6.45) is 2.81. The van der Waals surface area contributed by atoms with Gasteiger partial charge in [0.25, 0.3) is 0 Å². The van der Waals surface area contributed by atoms with E-state index in [2.05, 4.69) is 4.98 Å². The Balaban J connectivity index is 3.33. The van der Waals surface area contributed by atoms with Crippen molar-refractivity contribution in [1.82, 2.24) is 4.98 Å². The van der Waals surface area contributed by atoms with Gasteiger partial charge in [-0.25, -0.2) is 14.0 Å². The number of nitrogens with zero attached hydrogens (tertiary/aromatic N) is 1. The highest BCUT2D eigenvalue weighted by Gasteiger charge is 2.10. The van der Waals surface area contributed by atoms with Crippen molar-refractivity contribution in [2.75, 3.05) is 13.4 Å². The van der Waals surface area contributed by atoms with Crippen LogP contribution >= 0.6 is 0 Å². The molecule has 0 fully saturated rings. The third-order valence-electron chi connectivity index (χ3n) is 1.33. The highest BCUT2D eigenvalue weighted by atomic mass is 32.2. The van der Waals surface area contributed by atoms with Crippen LogP contribution in [-0.2, 0) is 9.73 Å². The zero-order chi connectivity index (χ0) is 9.19. The molecule has 5 heteroatoms. The Morgan fingerprint density at radius 3 is 2.75 bits per heavy atom. The molecule has 66 valence electrons. The lowest BCUT2D eigenvalue weighted by molar-refractivity contribution is 0.399. The summed E-state index contributed by atoms with van der Waals surface area (Å²) < 4.78 is 23.5. The molecule has 0 aliphatic carbocycles. The minimum atomic E-state index is -2.78. The maximum absolute atomic E-state index is 11.3. The number of nitrogens with one attached hydrogen (secondary N) is 1. The van der Waals surface area contributed by atoms with Gasteiger partial charge in [0, 0.05) is 12.5 Å². The molecule has 0 aliphatic rings. The molecule has 12 heavy (non-hydrogen) atoms. The van der Waals surface area contributed by atoms with Crippen molar-refractivity contribution in [3.8, 4) is 5.75 Å². The SMILES string of the molecule is COc1cccnc1S(C)(=N)=O. The van der Waals surface area contributed by atoms with Crippen LogP contribution in [0.3, 0.4) is 0 Å². The predicted molar refractivity (Wildman–Crippen MR) is 45.8 cm³/mol. The Morgan fingerprint density at radius 1 is 1.67 bits per heavy atom. The average Bonchev–Trinajstić information content (AvgIpc) is 2.03. The van der Waals surface area contributed by atoms with Crippen LogP contribution in [0.25, 0.3) is 0 Å². The zero-order valence-corrected chi connectivity index (χ0v) is 7.72. The van der Waals surface area contributed by atoms with Crippen LogP contribution in [0.15, 0.2) is 23.4 Å². The molecule has 0 spiro atoms. The van der Waals surface area contributed by atoms with E-state index in [1.165, 1.54) is 19.6 Å². The monoisotopic (exact) mass is 186 g/mol. The van der Waals surface area contributed by atoms with E-state index >= 15 is 0 Å². The lowest BCUT2D eigenvalue weighted by Crippen LogP contribution is -2.01. The summed E-state index contributed by atoms with van der Waals surface area (Å²) >= 11 is 0. The molecule has 0 aromatic carbocycles. The van der Waals surface area contributed by atoms with E-state index in [4.69, 9.17) is 9.52 Å². The minimum absolute atomic E-state index is 0.201. The Bertz CT molecular complexity index is 373. The van der Waals surface area contributed by atoms with Crippen molar-refractivity contribution in [3.05, 3.63) is 18.3 Å². The van der Waals surface area contributed by atoms with Gasteiger partial charge in [0.05, 0.1) is 16.8 Å². The molecule has 0 aliphatic heterocycles. The van der Waals surface area contributed by atoms with E-state index in [9.17, 15) is 4.21 Å². The molecule has 0 saturated carbocycles. The number of hydrogen-bond acceptors (Lipinski definition) is 4. The van der Waals surface area contributed by atoms with Crippen LogP contribution in [0.4, 0.5) is 0 Å². The topological polar surface area (TPSA) is 63.0 Å². The van der Waals surface area contributed by atoms with Crippen LogP contribution in [-0.4, -0.2) is 22.6 Å². The van der Waals surface area contributed by atoms with Crippen LogP contribution in [0, 0.1) is 4.78 Å². The van der Waals surface area contributed by atoms with Gasteiger partial charge in [-0.3, -0.25) is 0 Å². The van der Waals surface area contributed by atoms with Crippen molar-refractivity contribution in [2.45, 2.75) is 5.03 Å². The van der Waals surface area contributed by atoms with Gasteiger partial charge in [-0.05, 0) is 12.1 Å². The maximum atomic E-state index is 11.3. The molecule has 4 nitrogen and oxygen atoms in total. The second-order valence-electron chi connectivity index (χ2n) is 2.35. The Labute approximate surface area is 71.6 Å². The molecule has 1 atom stereocenters. The Kier molecular flexibility index (Phi) is 2.32. The van der Waals surface area contributed by atoms with E-state index in [0.29, 0.717) is 5.75 Å². The highest BCUT2D eigenvalue weighted by Crippen LogP contribution is 2.19. The summed E-state index contributed by atoms with van der Waals surface area (Å²) in [6, 6.07) is 3.31. The third-order valence-corrected chi connectivity index (χ3v) is 2.37. The van der Waals surface area contributed by atoms with Crippen molar-refractivity contribution in [1.29, 1.82) is 4.78 Å². The third kappa shape index (κ3) is 1.73. The normalized spacial score (nSPS) is 15.2. The molecule has 0 amide bonds. The van der Waals surface area contributed by atoms with Crippen LogP contribution in [0.5, 0.6) is 5.75 Å². The smallest absolute Gasteiger partial charge is 0.177 e. The summed E-state index contributed by atoms with van der Waals surface area (Å²) in [5.41, 5.74) is 0. The van der Waals surface area contributed by atoms with Gasteiger partial charge >= 0.3 is 0 Å². The summed E-state index contributed by atoms with van der Waals surface area (Å²) in [4.78, 5) is 3.83. The lowest BCUT2D eigenvalue weighted by atomic mass is 10.5. The molecule has 0 bridgehead atoms. The second kappa shape index (κ2) is 3.10. The average molecular weight is 186 g/mol. The van der Waals surface area contributed by atoms with Crippen LogP contribution in [0.2, 0.25) is 0 Å². The first-order chi connectivity index (χ1) is 5.55. The van der Waals surface area contributed by atoms with Gasteiger partial charge in [-0.15, -0.1) is 0 Å². The van der Waals surface area contributed by atoms with E-state index in [1.54, 1.807) is 12.1 Å². The van der Waals surface area contributed by atoms with Gasteiger partial charge in [0.1, 0.15) is 0 Å². The second-order valence-corrected chi connectivity index (χ2v) is 4.43. The summed E-state index contributed by atoms with van der Waals surface area (Å²) in [6.45, 7) is 0. The Hall–Kier alpha value is -1.10. The molecular weight excluding hydrogens is 176 g/mol. The molecule has 1 N–H and O–H groups in total. The standard InChI is InChI=1S/C7H10N2O2S/c1-11-6-4-3-5-9-7(6)12(2,8)10/h3-5,8H,1-2H3. The first-order valence-corrected chi connectivity index (χ1v) is 5.25. The molecule has 0 saturated heterocycles. The van der Waals surface area contributed by atoms with Crippen molar-refractivity contribution < 1.29 is 8.95 Å². The number of methoxy groups -OCH3 is 1. The van der Waals surface area contributed by atoms with Gasteiger partial charge < -0.3 is 4.74 Å². The lowest BCUT2D eigenvalue weighted by Gasteiger charge is -2.05. The molecule has 1 aromatic rings. The first kappa shape index (κ1) is 8.99. The van der Waals surface area contributed by atoms with E-state index in [1.807, 2.05) is 0 Å². The first-order valence-electron chi connectivity index (χ1n) is 3.28. The molecule has 1 unspecified atom stereocenters. The number of aromatic nitrogens is 1. The van der Waals surface area contributed by atoms with Crippen molar-refractivity contribution in [3.63, 3.8) is 0 Å². The number of hydrogen-bond donors (Lipinski definition) is 1. The molecule has 1 rings (SSSR count). The van der Waals surface area contributed by atoms with Gasteiger partial charge in [0.2, 0.25) is 0 Å². The molecule has 1 heterocycles. The number of rotatable bonds is 2. The van der Waals surface area contributed by atoms with Gasteiger partial charge in [-0.2, -0.15) is 0 Å². The number of ether oxygens (including phenoxy) is 1. The molecular formula is C7H10N2O2S. The largest absolute Gasteiger partial charge is 0.494 e. The fourth-order valence-corrected chi connectivity index (χ4v) is 1.62. The fraction of sp³-hybridized carbons (Fsp3) is 0.286. The van der Waals surface area contributed by atoms with Gasteiger partial charge in [0.15, 0.2) is 10.8 Å². The van der Waals surface area contributed by atoms with Gasteiger partial charge in [-0.1, -0.05) is 0 Å². The predicted octanol–water partition coefficient (Wildman–Crippen LogP) is 1.13. The highest BCUT2D eigenvalue weighted by molar-refractivity contribution is 7.91. The van der Waals surface area contributed by atoms with E-state index < -0.39 is 9.73 Å². The van der Waals surface area contributed by atoms with Crippen LogP contribution < -0.4 is 4.74 Å². The Morgan fingerprint density at radius 2 is 2.33 bits per heavy atom. The summed E-state index contributed by atoms with van der Waals surface area (Å²) in [5, 5.41) is 0.201. The molecule has 0 radical (unpaired) electrons. The summed E-state index contributed by atoms with van der Waals surface area (Å²) in [5.74, 6) is 0.403. The quantitative estimate of drug-likeness (QED) is 0.753. The van der Waals surface area contributed by atoms with Crippen molar-refractivity contribution in [2.24, 2.45) is 0 Å². The fourth-order valence-electron chi connectivity index (χ4n) is 0.824.